The van der Waals surface area contributed by atoms with Crippen LogP contribution in [0.15, 0.2) is 35.0 Å². The zero-order valence-electron chi connectivity index (χ0n) is 6.60. The van der Waals surface area contributed by atoms with E-state index in [1.54, 1.807) is 0 Å². The summed E-state index contributed by atoms with van der Waals surface area (Å²) in [6.45, 7) is 0. The zero-order chi connectivity index (χ0) is 8.39. The van der Waals surface area contributed by atoms with Crippen molar-refractivity contribution in [2.24, 2.45) is 0 Å². The van der Waals surface area contributed by atoms with Crippen LogP contribution in [0.3, 0.4) is 0 Å². The Morgan fingerprint density at radius 2 is 1.46 bits per heavy atom. The molecule has 0 aromatic carbocycles. The van der Waals surface area contributed by atoms with Crippen molar-refractivity contribution in [3.05, 3.63) is 44.8 Å². The minimum atomic E-state index is 0. The standard InChI is InChI=1S/C9H6OS2.ClH/c10-9(7-3-1-5-11-7)8-4-2-6-12-8;/h1-6H;1H. The van der Waals surface area contributed by atoms with Gasteiger partial charge in [-0.2, -0.15) is 0 Å². The third-order valence-corrected chi connectivity index (χ3v) is 3.23. The Morgan fingerprint density at radius 3 is 1.77 bits per heavy atom. The van der Waals surface area contributed by atoms with Gasteiger partial charge in [-0.15, -0.1) is 35.1 Å². The van der Waals surface area contributed by atoms with Crippen LogP contribution in [0.5, 0.6) is 0 Å². The molecule has 13 heavy (non-hydrogen) atoms. The lowest BCUT2D eigenvalue weighted by Gasteiger charge is -1.89. The van der Waals surface area contributed by atoms with Crippen LogP contribution >= 0.6 is 35.1 Å². The highest BCUT2D eigenvalue weighted by Gasteiger charge is 2.09. The Kier molecular flexibility index (Phi) is 3.66. The number of carbonyl (C=O) groups is 1. The van der Waals surface area contributed by atoms with Gasteiger partial charge in [0, 0.05) is 0 Å². The number of carbonyl (C=O) groups excluding carboxylic acids is 1. The summed E-state index contributed by atoms with van der Waals surface area (Å²) in [5.74, 6) is 0.139. The van der Waals surface area contributed by atoms with Crippen LogP contribution in [0.25, 0.3) is 0 Å². The van der Waals surface area contributed by atoms with Gasteiger partial charge in [-0.3, -0.25) is 4.79 Å². The zero-order valence-corrected chi connectivity index (χ0v) is 9.05. The Balaban J connectivity index is 0.000000845. The molecule has 0 atom stereocenters. The second-order valence-electron chi connectivity index (χ2n) is 2.28. The van der Waals surface area contributed by atoms with E-state index in [9.17, 15) is 4.79 Å². The number of rotatable bonds is 2. The van der Waals surface area contributed by atoms with E-state index >= 15 is 0 Å². The van der Waals surface area contributed by atoms with Gasteiger partial charge < -0.3 is 0 Å². The Morgan fingerprint density at radius 1 is 1.00 bits per heavy atom. The lowest BCUT2D eigenvalue weighted by molar-refractivity contribution is 0.104. The third kappa shape index (κ3) is 2.18. The van der Waals surface area contributed by atoms with Crippen LogP contribution < -0.4 is 0 Å². The molecular weight excluding hydrogens is 224 g/mol. The monoisotopic (exact) mass is 230 g/mol. The molecule has 4 heteroatoms. The summed E-state index contributed by atoms with van der Waals surface area (Å²) in [6, 6.07) is 7.50. The first kappa shape index (κ1) is 10.4. The molecule has 0 amide bonds. The number of thiophene rings is 2. The van der Waals surface area contributed by atoms with E-state index in [0.29, 0.717) is 0 Å². The molecule has 2 heterocycles. The quantitative estimate of drug-likeness (QED) is 0.723. The van der Waals surface area contributed by atoms with E-state index in [2.05, 4.69) is 0 Å². The molecule has 2 aromatic rings. The summed E-state index contributed by atoms with van der Waals surface area (Å²) in [6.07, 6.45) is 0. The Labute approximate surface area is 90.4 Å². The van der Waals surface area contributed by atoms with Gasteiger partial charge in [-0.25, -0.2) is 0 Å². The molecule has 0 radical (unpaired) electrons. The van der Waals surface area contributed by atoms with Crippen LogP contribution in [0.4, 0.5) is 0 Å². The van der Waals surface area contributed by atoms with Crippen molar-refractivity contribution in [3.63, 3.8) is 0 Å². The van der Waals surface area contributed by atoms with Gasteiger partial charge in [0.15, 0.2) is 0 Å². The van der Waals surface area contributed by atoms with Crippen molar-refractivity contribution in [2.45, 2.75) is 0 Å². The molecule has 0 aliphatic carbocycles. The first-order chi connectivity index (χ1) is 5.88. The molecule has 0 aliphatic heterocycles. The SMILES string of the molecule is Cl.O=C(c1cccs1)c1cccs1. The average molecular weight is 231 g/mol. The second kappa shape index (κ2) is 4.56. The maximum Gasteiger partial charge on any atom is 0.212 e. The van der Waals surface area contributed by atoms with Gasteiger partial charge in [-0.1, -0.05) is 12.1 Å². The van der Waals surface area contributed by atoms with Crippen LogP contribution in [0.1, 0.15) is 14.5 Å². The van der Waals surface area contributed by atoms with E-state index in [0.717, 1.165) is 9.75 Å². The maximum atomic E-state index is 11.6. The van der Waals surface area contributed by atoms with Crippen LogP contribution in [0, 0.1) is 0 Å². The fourth-order valence-corrected chi connectivity index (χ4v) is 2.36. The third-order valence-electron chi connectivity index (χ3n) is 1.49. The van der Waals surface area contributed by atoms with E-state index < -0.39 is 0 Å². The Hall–Kier alpha value is -0.640. The molecule has 0 bridgehead atoms. The molecule has 2 aromatic heterocycles. The summed E-state index contributed by atoms with van der Waals surface area (Å²) in [7, 11) is 0. The highest BCUT2D eigenvalue weighted by molar-refractivity contribution is 7.15. The first-order valence-electron chi connectivity index (χ1n) is 3.49. The number of hydrogen-bond acceptors (Lipinski definition) is 3. The fraction of sp³-hybridized carbons (Fsp3) is 0. The molecular formula is C9H7ClOS2. The molecule has 0 spiro atoms. The largest absolute Gasteiger partial charge is 0.287 e. The van der Waals surface area contributed by atoms with Gasteiger partial charge in [0.05, 0.1) is 9.75 Å². The first-order valence-corrected chi connectivity index (χ1v) is 5.25. The summed E-state index contributed by atoms with van der Waals surface area (Å²) in [4.78, 5) is 13.2. The molecule has 2 rings (SSSR count). The number of halogens is 1. The predicted octanol–water partition coefficient (Wildman–Crippen LogP) is 3.46. The van der Waals surface area contributed by atoms with Gasteiger partial charge in [0.25, 0.3) is 0 Å². The van der Waals surface area contributed by atoms with Crippen LogP contribution in [-0.2, 0) is 0 Å². The van der Waals surface area contributed by atoms with Crippen molar-refractivity contribution in [1.82, 2.24) is 0 Å². The van der Waals surface area contributed by atoms with Crippen molar-refractivity contribution in [1.29, 1.82) is 0 Å². The molecule has 0 saturated heterocycles. The molecule has 1 nitrogen and oxygen atoms in total. The average Bonchev–Trinajstić information content (AvgIpc) is 2.77. The molecule has 68 valence electrons. The molecule has 0 N–H and O–H groups in total. The van der Waals surface area contributed by atoms with Crippen LogP contribution in [-0.4, -0.2) is 5.78 Å². The van der Waals surface area contributed by atoms with E-state index in [1.807, 2.05) is 35.0 Å². The highest BCUT2D eigenvalue weighted by Crippen LogP contribution is 2.18. The van der Waals surface area contributed by atoms with Gasteiger partial charge in [0.1, 0.15) is 0 Å². The Bertz CT molecular complexity index is 328. The summed E-state index contributed by atoms with van der Waals surface area (Å²) >= 11 is 2.97. The smallest absolute Gasteiger partial charge is 0.212 e. The second-order valence-corrected chi connectivity index (χ2v) is 4.18. The fourth-order valence-electron chi connectivity index (χ4n) is 0.937. The molecule has 0 unspecified atom stereocenters. The molecule has 0 saturated carbocycles. The summed E-state index contributed by atoms with van der Waals surface area (Å²) < 4.78 is 0. The predicted molar refractivity (Wildman–Crippen MR) is 59.3 cm³/mol. The maximum absolute atomic E-state index is 11.6. The van der Waals surface area contributed by atoms with E-state index in [4.69, 9.17) is 0 Å². The van der Waals surface area contributed by atoms with Crippen molar-refractivity contribution < 1.29 is 4.79 Å². The number of ketones is 1. The highest BCUT2D eigenvalue weighted by atomic mass is 35.5. The minimum Gasteiger partial charge on any atom is -0.287 e. The lowest BCUT2D eigenvalue weighted by Crippen LogP contribution is -1.93. The summed E-state index contributed by atoms with van der Waals surface area (Å²) in [5.41, 5.74) is 0. The van der Waals surface area contributed by atoms with Crippen molar-refractivity contribution in [3.8, 4) is 0 Å². The van der Waals surface area contributed by atoms with Crippen molar-refractivity contribution >= 4 is 40.9 Å². The van der Waals surface area contributed by atoms with Crippen LogP contribution in [0.2, 0.25) is 0 Å². The van der Waals surface area contributed by atoms with Gasteiger partial charge in [-0.05, 0) is 22.9 Å². The van der Waals surface area contributed by atoms with Crippen molar-refractivity contribution in [2.75, 3.05) is 0 Å². The lowest BCUT2D eigenvalue weighted by atomic mass is 10.3. The molecule has 0 fully saturated rings. The normalized spacial score (nSPS) is 9.23. The minimum absolute atomic E-state index is 0. The van der Waals surface area contributed by atoms with E-state index in [-0.39, 0.29) is 18.2 Å². The van der Waals surface area contributed by atoms with Gasteiger partial charge in [0.2, 0.25) is 5.78 Å². The summed E-state index contributed by atoms with van der Waals surface area (Å²) in [5, 5.41) is 3.84. The topological polar surface area (TPSA) is 17.1 Å². The number of hydrogen-bond donors (Lipinski definition) is 0. The van der Waals surface area contributed by atoms with Gasteiger partial charge >= 0.3 is 0 Å². The van der Waals surface area contributed by atoms with E-state index in [1.165, 1.54) is 22.7 Å². The molecule has 0 aliphatic rings.